The minimum Gasteiger partial charge on any atom is -0.229 e. The molecule has 0 nitrogen and oxygen atoms in total. The molecular formula is C3H2F5I. The normalized spacial score (nSPS) is 16.3. The van der Waals surface area contributed by atoms with Gasteiger partial charge in [0, 0.05) is 0 Å². The molecule has 0 saturated carbocycles. The molecule has 0 spiro atoms. The fourth-order valence-electron chi connectivity index (χ4n) is 0.0952. The van der Waals surface area contributed by atoms with Gasteiger partial charge in [-0.1, -0.05) is 0 Å². The Labute approximate surface area is 61.6 Å². The van der Waals surface area contributed by atoms with Crippen molar-refractivity contribution in [1.82, 2.24) is 0 Å². The van der Waals surface area contributed by atoms with Crippen molar-refractivity contribution in [3.05, 3.63) is 0 Å². The Morgan fingerprint density at radius 1 is 1.11 bits per heavy atom. The van der Waals surface area contributed by atoms with Gasteiger partial charge >= 0.3 is 12.3 Å². The second-order valence-electron chi connectivity index (χ2n) is 1.28. The number of alkyl halides is 6. The minimum atomic E-state index is -4.51. The van der Waals surface area contributed by atoms with Crippen LogP contribution in [0.3, 0.4) is 0 Å². The summed E-state index contributed by atoms with van der Waals surface area (Å²) in [6, 6.07) is 0. The lowest BCUT2D eigenvalue weighted by molar-refractivity contribution is -0.144. The average Bonchev–Trinajstić information content (AvgIpc) is 1.65. The first kappa shape index (κ1) is 9.38. The molecular weight excluding hydrogens is 258 g/mol. The van der Waals surface area contributed by atoms with E-state index in [2.05, 4.69) is 0 Å². The summed E-state index contributed by atoms with van der Waals surface area (Å²) in [5.74, 6) is -4.51. The number of hydrogen-bond acceptors (Lipinski definition) is 0. The molecule has 0 aliphatic heterocycles. The Bertz CT molecular complexity index is 80.2. The second kappa shape index (κ2) is 2.98. The molecule has 0 bridgehead atoms. The molecule has 0 aromatic rings. The first-order chi connectivity index (χ1) is 3.89. The van der Waals surface area contributed by atoms with Crippen LogP contribution < -0.4 is 0 Å². The molecule has 0 radical (unpaired) electrons. The third kappa shape index (κ3) is 2.23. The summed E-state index contributed by atoms with van der Waals surface area (Å²) in [7, 11) is 0. The van der Waals surface area contributed by atoms with Gasteiger partial charge in [-0.25, -0.2) is 13.2 Å². The van der Waals surface area contributed by atoms with E-state index in [0.29, 0.717) is 22.6 Å². The third-order valence-corrected chi connectivity index (χ3v) is 1.41. The zero-order valence-corrected chi connectivity index (χ0v) is 6.08. The maximum absolute atomic E-state index is 11.5. The highest BCUT2D eigenvalue weighted by atomic mass is 127. The largest absolute Gasteiger partial charge is 0.346 e. The molecule has 0 aromatic carbocycles. The summed E-state index contributed by atoms with van der Waals surface area (Å²) in [6.07, 6.45) is -3.93. The molecule has 1 unspecified atom stereocenters. The topological polar surface area (TPSA) is 0 Å². The SMILES string of the molecule is FC(F)C(F)(F)C(F)I. The van der Waals surface area contributed by atoms with Crippen LogP contribution in [-0.4, -0.2) is 16.5 Å². The van der Waals surface area contributed by atoms with E-state index in [0.717, 1.165) is 0 Å². The highest BCUT2D eigenvalue weighted by Crippen LogP contribution is 2.32. The maximum atomic E-state index is 11.5. The monoisotopic (exact) mass is 260 g/mol. The molecule has 0 N–H and O–H groups in total. The fourth-order valence-corrected chi connectivity index (χ4v) is 0.367. The van der Waals surface area contributed by atoms with Crippen LogP contribution >= 0.6 is 22.6 Å². The first-order valence-electron chi connectivity index (χ1n) is 1.83. The zero-order valence-electron chi connectivity index (χ0n) is 3.92. The number of rotatable bonds is 2. The van der Waals surface area contributed by atoms with Crippen molar-refractivity contribution in [3.63, 3.8) is 0 Å². The van der Waals surface area contributed by atoms with E-state index in [4.69, 9.17) is 0 Å². The van der Waals surface area contributed by atoms with Crippen LogP contribution in [0.15, 0.2) is 0 Å². The van der Waals surface area contributed by atoms with E-state index in [1.807, 2.05) is 0 Å². The van der Waals surface area contributed by atoms with E-state index in [1.165, 1.54) is 0 Å². The van der Waals surface area contributed by atoms with Crippen molar-refractivity contribution in [2.45, 2.75) is 16.5 Å². The summed E-state index contributed by atoms with van der Waals surface area (Å²) in [6.45, 7) is 0. The van der Waals surface area contributed by atoms with Crippen LogP contribution in [0.4, 0.5) is 22.0 Å². The Morgan fingerprint density at radius 3 is 1.44 bits per heavy atom. The maximum Gasteiger partial charge on any atom is 0.346 e. The van der Waals surface area contributed by atoms with Gasteiger partial charge in [-0.05, 0) is 22.6 Å². The van der Waals surface area contributed by atoms with Crippen molar-refractivity contribution in [3.8, 4) is 0 Å². The molecule has 1 atom stereocenters. The number of hydrogen-bond donors (Lipinski definition) is 0. The predicted molar refractivity (Wildman–Crippen MR) is 29.9 cm³/mol. The van der Waals surface area contributed by atoms with Gasteiger partial charge in [0.05, 0.1) is 0 Å². The summed E-state index contributed by atoms with van der Waals surface area (Å²) in [5, 5.41) is 0. The molecule has 0 aromatic heterocycles. The van der Waals surface area contributed by atoms with Gasteiger partial charge in [0.1, 0.15) is 0 Å². The Morgan fingerprint density at radius 2 is 1.44 bits per heavy atom. The molecule has 0 aliphatic carbocycles. The van der Waals surface area contributed by atoms with Gasteiger partial charge in [-0.2, -0.15) is 8.78 Å². The van der Waals surface area contributed by atoms with Gasteiger partial charge in [-0.15, -0.1) is 0 Å². The van der Waals surface area contributed by atoms with Crippen LogP contribution in [0.25, 0.3) is 0 Å². The van der Waals surface area contributed by atoms with Gasteiger partial charge < -0.3 is 0 Å². The lowest BCUT2D eigenvalue weighted by Gasteiger charge is -2.13. The molecule has 6 heteroatoms. The third-order valence-electron chi connectivity index (χ3n) is 0.582. The van der Waals surface area contributed by atoms with E-state index >= 15 is 0 Å². The lowest BCUT2D eigenvalue weighted by Crippen LogP contribution is -2.33. The predicted octanol–water partition coefficient (Wildman–Crippen LogP) is 2.62. The molecule has 9 heavy (non-hydrogen) atoms. The van der Waals surface area contributed by atoms with Gasteiger partial charge in [0.25, 0.3) is 0 Å². The summed E-state index contributed by atoms with van der Waals surface area (Å²) in [5.41, 5.74) is 0. The first-order valence-corrected chi connectivity index (χ1v) is 3.07. The van der Waals surface area contributed by atoms with Crippen LogP contribution in [0.2, 0.25) is 0 Å². The van der Waals surface area contributed by atoms with Crippen LogP contribution in [0.1, 0.15) is 0 Å². The molecule has 0 saturated heterocycles. The van der Waals surface area contributed by atoms with Crippen molar-refractivity contribution in [2.24, 2.45) is 0 Å². The summed E-state index contributed by atoms with van der Waals surface area (Å²) < 4.78 is 53.9. The van der Waals surface area contributed by atoms with Gasteiger partial charge in [0.15, 0.2) is 0 Å². The van der Waals surface area contributed by atoms with Crippen LogP contribution in [0, 0.1) is 0 Å². The number of halogens is 6. The van der Waals surface area contributed by atoms with E-state index in [1.54, 1.807) is 0 Å². The molecule has 56 valence electrons. The Balaban J connectivity index is 4.01. The van der Waals surface area contributed by atoms with E-state index < -0.39 is 16.5 Å². The highest BCUT2D eigenvalue weighted by Gasteiger charge is 2.48. The van der Waals surface area contributed by atoms with Gasteiger partial charge in [0.2, 0.25) is 4.18 Å². The van der Waals surface area contributed by atoms with Crippen molar-refractivity contribution in [1.29, 1.82) is 0 Å². The molecule has 0 fully saturated rings. The Hall–Kier alpha value is 0.380. The Kier molecular flexibility index (Phi) is 3.10. The molecule has 0 amide bonds. The van der Waals surface area contributed by atoms with E-state index in [-0.39, 0.29) is 0 Å². The molecule has 0 rings (SSSR count). The van der Waals surface area contributed by atoms with Crippen LogP contribution in [-0.2, 0) is 0 Å². The van der Waals surface area contributed by atoms with Crippen molar-refractivity contribution in [2.75, 3.05) is 0 Å². The fraction of sp³-hybridized carbons (Fsp3) is 1.00. The van der Waals surface area contributed by atoms with E-state index in [9.17, 15) is 22.0 Å². The van der Waals surface area contributed by atoms with Crippen LogP contribution in [0.5, 0.6) is 0 Å². The molecule has 0 heterocycles. The smallest absolute Gasteiger partial charge is 0.229 e. The summed E-state index contributed by atoms with van der Waals surface area (Å²) >= 11 is 0.604. The minimum absolute atomic E-state index is 0.604. The standard InChI is InChI=1S/C3H2F5I/c4-1(5)3(7,8)2(6)9/h1-2H. The quantitative estimate of drug-likeness (QED) is 0.406. The second-order valence-corrected chi connectivity index (χ2v) is 2.37. The average molecular weight is 260 g/mol. The summed E-state index contributed by atoms with van der Waals surface area (Å²) in [4.78, 5) is 0. The molecule has 0 aliphatic rings. The van der Waals surface area contributed by atoms with Crippen molar-refractivity contribution >= 4 is 22.6 Å². The zero-order chi connectivity index (χ0) is 7.65. The van der Waals surface area contributed by atoms with Crippen molar-refractivity contribution < 1.29 is 22.0 Å². The highest BCUT2D eigenvalue weighted by molar-refractivity contribution is 14.1. The van der Waals surface area contributed by atoms with Gasteiger partial charge in [-0.3, -0.25) is 0 Å². The lowest BCUT2D eigenvalue weighted by atomic mass is 10.4.